The standard InChI is InChI=1S/C20H17NO3/c1-23-19-12-11-17(24-16-5-3-2-4-6-16)13-18(19)20(22)14-7-9-15(21)10-8-14/h2-13H,21H2,1H3. The zero-order valence-corrected chi connectivity index (χ0v) is 13.2. The number of hydrogen-bond donors (Lipinski definition) is 1. The SMILES string of the molecule is COc1ccc(Oc2ccccc2)cc1C(=O)c1ccc(N)cc1. The molecule has 0 aromatic heterocycles. The molecule has 0 bridgehead atoms. The van der Waals surface area contributed by atoms with Crippen LogP contribution in [0.4, 0.5) is 5.69 Å². The molecule has 0 amide bonds. The summed E-state index contributed by atoms with van der Waals surface area (Å²) in [5.74, 6) is 1.62. The van der Waals surface area contributed by atoms with E-state index in [0.29, 0.717) is 34.1 Å². The van der Waals surface area contributed by atoms with Crippen molar-refractivity contribution in [3.8, 4) is 17.2 Å². The van der Waals surface area contributed by atoms with E-state index in [0.717, 1.165) is 0 Å². The molecule has 3 rings (SSSR count). The molecule has 0 saturated heterocycles. The first kappa shape index (κ1) is 15.6. The number of benzene rings is 3. The van der Waals surface area contributed by atoms with E-state index in [1.54, 1.807) is 42.5 Å². The number of anilines is 1. The number of rotatable bonds is 5. The molecule has 0 unspecified atom stereocenters. The number of methoxy groups -OCH3 is 1. The Morgan fingerprint density at radius 3 is 2.25 bits per heavy atom. The zero-order valence-electron chi connectivity index (χ0n) is 13.2. The lowest BCUT2D eigenvalue weighted by atomic mass is 10.0. The van der Waals surface area contributed by atoms with Crippen LogP contribution < -0.4 is 15.2 Å². The molecule has 0 heterocycles. The average molecular weight is 319 g/mol. The zero-order chi connectivity index (χ0) is 16.9. The van der Waals surface area contributed by atoms with E-state index in [-0.39, 0.29) is 5.78 Å². The van der Waals surface area contributed by atoms with Gasteiger partial charge in [-0.3, -0.25) is 4.79 Å². The van der Waals surface area contributed by atoms with Gasteiger partial charge in [-0.05, 0) is 54.6 Å². The molecule has 24 heavy (non-hydrogen) atoms. The molecule has 3 aromatic carbocycles. The van der Waals surface area contributed by atoms with Gasteiger partial charge in [0.05, 0.1) is 12.7 Å². The Balaban J connectivity index is 1.94. The number of carbonyl (C=O) groups is 1. The van der Waals surface area contributed by atoms with Crippen molar-refractivity contribution < 1.29 is 14.3 Å². The Morgan fingerprint density at radius 1 is 0.875 bits per heavy atom. The number of nitrogens with two attached hydrogens (primary N) is 1. The van der Waals surface area contributed by atoms with Crippen molar-refractivity contribution in [2.45, 2.75) is 0 Å². The number of hydrogen-bond acceptors (Lipinski definition) is 4. The quantitative estimate of drug-likeness (QED) is 0.562. The third kappa shape index (κ3) is 3.38. The number of ether oxygens (including phenoxy) is 2. The molecule has 0 aliphatic heterocycles. The molecule has 0 aliphatic carbocycles. The lowest BCUT2D eigenvalue weighted by Crippen LogP contribution is -2.04. The number of carbonyl (C=O) groups excluding carboxylic acids is 1. The van der Waals surface area contributed by atoms with Gasteiger partial charge in [-0.1, -0.05) is 18.2 Å². The van der Waals surface area contributed by atoms with Crippen LogP contribution in [0.1, 0.15) is 15.9 Å². The maximum atomic E-state index is 12.8. The van der Waals surface area contributed by atoms with E-state index in [2.05, 4.69) is 0 Å². The molecule has 0 saturated carbocycles. The Morgan fingerprint density at radius 2 is 1.58 bits per heavy atom. The van der Waals surface area contributed by atoms with Crippen LogP contribution in [0.15, 0.2) is 72.8 Å². The second kappa shape index (κ2) is 6.87. The van der Waals surface area contributed by atoms with Crippen molar-refractivity contribution >= 4 is 11.5 Å². The van der Waals surface area contributed by atoms with Gasteiger partial charge in [0.2, 0.25) is 0 Å². The first-order chi connectivity index (χ1) is 11.7. The topological polar surface area (TPSA) is 61.5 Å². The van der Waals surface area contributed by atoms with E-state index in [9.17, 15) is 4.79 Å². The number of nitrogen functional groups attached to an aromatic ring is 1. The molecule has 0 atom stereocenters. The lowest BCUT2D eigenvalue weighted by molar-refractivity contribution is 0.103. The Kier molecular flexibility index (Phi) is 4.47. The van der Waals surface area contributed by atoms with Gasteiger partial charge in [-0.15, -0.1) is 0 Å². The molecule has 120 valence electrons. The van der Waals surface area contributed by atoms with Gasteiger partial charge in [0.15, 0.2) is 5.78 Å². The van der Waals surface area contributed by atoms with Crippen molar-refractivity contribution in [1.82, 2.24) is 0 Å². The highest BCUT2D eigenvalue weighted by molar-refractivity contribution is 6.11. The Bertz CT molecular complexity index is 843. The minimum absolute atomic E-state index is 0.148. The molecular formula is C20H17NO3. The van der Waals surface area contributed by atoms with Crippen molar-refractivity contribution in [3.63, 3.8) is 0 Å². The van der Waals surface area contributed by atoms with Crippen LogP contribution in [0.2, 0.25) is 0 Å². The van der Waals surface area contributed by atoms with E-state index in [1.807, 2.05) is 30.3 Å². The Labute approximate surface area is 140 Å². The van der Waals surface area contributed by atoms with Gasteiger partial charge in [-0.25, -0.2) is 0 Å². The summed E-state index contributed by atoms with van der Waals surface area (Å²) < 4.78 is 11.1. The molecular weight excluding hydrogens is 302 g/mol. The van der Waals surface area contributed by atoms with Crippen LogP contribution in [0.5, 0.6) is 17.2 Å². The van der Waals surface area contributed by atoms with Crippen LogP contribution in [0.3, 0.4) is 0 Å². The van der Waals surface area contributed by atoms with Crippen molar-refractivity contribution in [2.24, 2.45) is 0 Å². The van der Waals surface area contributed by atoms with Gasteiger partial charge < -0.3 is 15.2 Å². The summed E-state index contributed by atoms with van der Waals surface area (Å²) in [6, 6.07) is 21.4. The lowest BCUT2D eigenvalue weighted by Gasteiger charge is -2.11. The van der Waals surface area contributed by atoms with Crippen molar-refractivity contribution in [1.29, 1.82) is 0 Å². The smallest absolute Gasteiger partial charge is 0.196 e. The number of para-hydroxylation sites is 1. The van der Waals surface area contributed by atoms with E-state index in [1.165, 1.54) is 7.11 Å². The second-order valence-electron chi connectivity index (χ2n) is 5.23. The average Bonchev–Trinajstić information content (AvgIpc) is 2.62. The molecule has 0 fully saturated rings. The van der Waals surface area contributed by atoms with Gasteiger partial charge in [-0.2, -0.15) is 0 Å². The maximum Gasteiger partial charge on any atom is 0.196 e. The highest BCUT2D eigenvalue weighted by Gasteiger charge is 2.16. The van der Waals surface area contributed by atoms with Crippen LogP contribution in [-0.4, -0.2) is 12.9 Å². The first-order valence-electron chi connectivity index (χ1n) is 7.48. The third-order valence-electron chi connectivity index (χ3n) is 3.57. The first-order valence-corrected chi connectivity index (χ1v) is 7.48. The fourth-order valence-electron chi connectivity index (χ4n) is 2.34. The van der Waals surface area contributed by atoms with Gasteiger partial charge in [0.1, 0.15) is 17.2 Å². The minimum Gasteiger partial charge on any atom is -0.496 e. The summed E-state index contributed by atoms with van der Waals surface area (Å²) in [4.78, 5) is 12.8. The summed E-state index contributed by atoms with van der Waals surface area (Å²) in [6.45, 7) is 0. The molecule has 4 heteroatoms. The normalized spacial score (nSPS) is 10.2. The van der Waals surface area contributed by atoms with Crippen molar-refractivity contribution in [2.75, 3.05) is 12.8 Å². The van der Waals surface area contributed by atoms with Crippen molar-refractivity contribution in [3.05, 3.63) is 83.9 Å². The van der Waals surface area contributed by atoms with Crippen LogP contribution in [0.25, 0.3) is 0 Å². The summed E-state index contributed by atoms with van der Waals surface area (Å²) in [7, 11) is 1.53. The highest BCUT2D eigenvalue weighted by Crippen LogP contribution is 2.29. The largest absolute Gasteiger partial charge is 0.496 e. The highest BCUT2D eigenvalue weighted by atomic mass is 16.5. The maximum absolute atomic E-state index is 12.8. The third-order valence-corrected chi connectivity index (χ3v) is 3.57. The minimum atomic E-state index is -0.148. The molecule has 2 N–H and O–H groups in total. The molecule has 4 nitrogen and oxygen atoms in total. The summed E-state index contributed by atoms with van der Waals surface area (Å²) in [5.41, 5.74) is 7.27. The number of ketones is 1. The summed E-state index contributed by atoms with van der Waals surface area (Å²) >= 11 is 0. The predicted octanol–water partition coefficient (Wildman–Crippen LogP) is 4.30. The summed E-state index contributed by atoms with van der Waals surface area (Å²) in [5, 5.41) is 0. The molecule has 0 radical (unpaired) electrons. The summed E-state index contributed by atoms with van der Waals surface area (Å²) in [6.07, 6.45) is 0. The predicted molar refractivity (Wildman–Crippen MR) is 93.8 cm³/mol. The van der Waals surface area contributed by atoms with Crippen LogP contribution in [0, 0.1) is 0 Å². The van der Waals surface area contributed by atoms with Crippen LogP contribution in [-0.2, 0) is 0 Å². The molecule has 3 aromatic rings. The van der Waals surface area contributed by atoms with E-state index < -0.39 is 0 Å². The van der Waals surface area contributed by atoms with Crippen LogP contribution >= 0.6 is 0 Å². The van der Waals surface area contributed by atoms with Gasteiger partial charge >= 0.3 is 0 Å². The van der Waals surface area contributed by atoms with Gasteiger partial charge in [0, 0.05) is 11.3 Å². The molecule has 0 aliphatic rings. The van der Waals surface area contributed by atoms with Gasteiger partial charge in [0.25, 0.3) is 0 Å². The Hall–Kier alpha value is -3.27. The fraction of sp³-hybridized carbons (Fsp3) is 0.0500. The van der Waals surface area contributed by atoms with E-state index >= 15 is 0 Å². The van der Waals surface area contributed by atoms with E-state index in [4.69, 9.17) is 15.2 Å². The monoisotopic (exact) mass is 319 g/mol. The fourth-order valence-corrected chi connectivity index (χ4v) is 2.34. The molecule has 0 spiro atoms. The second-order valence-corrected chi connectivity index (χ2v) is 5.23.